The van der Waals surface area contributed by atoms with Crippen LogP contribution in [-0.2, 0) is 4.79 Å². The van der Waals surface area contributed by atoms with Crippen LogP contribution >= 0.6 is 0 Å². The molecule has 8 nitrogen and oxygen atoms in total. The summed E-state index contributed by atoms with van der Waals surface area (Å²) in [6, 6.07) is 5.93. The number of non-ortho nitro benzene ring substituents is 1. The van der Waals surface area contributed by atoms with Gasteiger partial charge in [-0.1, -0.05) is 12.1 Å². The molecule has 1 aromatic heterocycles. The Morgan fingerprint density at radius 1 is 1.33 bits per heavy atom. The van der Waals surface area contributed by atoms with E-state index >= 15 is 0 Å². The summed E-state index contributed by atoms with van der Waals surface area (Å²) in [4.78, 5) is 40.5. The summed E-state index contributed by atoms with van der Waals surface area (Å²) in [6.45, 7) is 0. The predicted octanol–water partition coefficient (Wildman–Crippen LogP) is 1.15. The number of benzene rings is 1. The molecule has 1 aliphatic rings. The molecule has 0 fully saturated rings. The lowest BCUT2D eigenvalue weighted by atomic mass is 9.86. The summed E-state index contributed by atoms with van der Waals surface area (Å²) in [5.41, 5.74) is 0.410. The van der Waals surface area contributed by atoms with Crippen molar-refractivity contribution < 1.29 is 9.72 Å². The van der Waals surface area contributed by atoms with Crippen molar-refractivity contribution in [3.8, 4) is 0 Å². The number of hydrogen-bond donors (Lipinski definition) is 2. The monoisotopic (exact) mass is 286 g/mol. The lowest BCUT2D eigenvalue weighted by Crippen LogP contribution is -2.30. The number of aromatic amines is 1. The summed E-state index contributed by atoms with van der Waals surface area (Å²) < 4.78 is 0. The molecule has 1 atom stereocenters. The summed E-state index contributed by atoms with van der Waals surface area (Å²) in [5.74, 6) is -0.630. The molecule has 0 spiro atoms. The van der Waals surface area contributed by atoms with Gasteiger partial charge in [0, 0.05) is 24.5 Å². The molecule has 0 bridgehead atoms. The number of nitro benzene ring substituents is 1. The molecule has 106 valence electrons. The molecular weight excluding hydrogens is 276 g/mol. The van der Waals surface area contributed by atoms with Gasteiger partial charge in [-0.15, -0.1) is 0 Å². The molecule has 1 unspecified atom stereocenters. The first-order valence-electron chi connectivity index (χ1n) is 6.18. The number of carbonyl (C=O) groups excluding carboxylic acids is 1. The van der Waals surface area contributed by atoms with Crippen molar-refractivity contribution in [2.24, 2.45) is 0 Å². The topological polar surface area (TPSA) is 118 Å². The molecule has 0 radical (unpaired) electrons. The van der Waals surface area contributed by atoms with Gasteiger partial charge in [0.05, 0.1) is 16.8 Å². The van der Waals surface area contributed by atoms with Gasteiger partial charge in [0.15, 0.2) is 0 Å². The number of hydrogen-bond acceptors (Lipinski definition) is 5. The standard InChI is InChI=1S/C13H10N4O4/c18-10-5-9(7-2-1-3-8(4-7)17(20)21)11-12(16-10)14-6-15-13(11)19/h1-4,6,9H,5H2,(H2,14,15,16,18,19). The Morgan fingerprint density at radius 3 is 2.90 bits per heavy atom. The zero-order chi connectivity index (χ0) is 15.0. The fourth-order valence-corrected chi connectivity index (χ4v) is 2.44. The fraction of sp³-hybridized carbons (Fsp3) is 0.154. The third-order valence-electron chi connectivity index (χ3n) is 3.37. The van der Waals surface area contributed by atoms with Gasteiger partial charge in [-0.2, -0.15) is 0 Å². The largest absolute Gasteiger partial charge is 0.313 e. The molecule has 0 aliphatic carbocycles. The van der Waals surface area contributed by atoms with E-state index in [0.29, 0.717) is 11.1 Å². The molecule has 2 heterocycles. The highest BCUT2D eigenvalue weighted by atomic mass is 16.6. The van der Waals surface area contributed by atoms with Crippen molar-refractivity contribution in [1.29, 1.82) is 0 Å². The minimum Gasteiger partial charge on any atom is -0.313 e. The molecule has 1 aliphatic heterocycles. The highest BCUT2D eigenvalue weighted by Gasteiger charge is 2.30. The number of amides is 1. The number of H-pyrrole nitrogens is 1. The maximum Gasteiger partial charge on any atom is 0.269 e. The maximum atomic E-state index is 12.0. The van der Waals surface area contributed by atoms with Crippen LogP contribution in [0.15, 0.2) is 35.4 Å². The average molecular weight is 286 g/mol. The van der Waals surface area contributed by atoms with Gasteiger partial charge >= 0.3 is 0 Å². The highest BCUT2D eigenvalue weighted by molar-refractivity contribution is 5.94. The van der Waals surface area contributed by atoms with Gasteiger partial charge in [-0.3, -0.25) is 19.7 Å². The number of rotatable bonds is 2. The molecule has 0 saturated heterocycles. The Bertz CT molecular complexity index is 799. The molecular formula is C13H10N4O4. The first kappa shape index (κ1) is 13.0. The lowest BCUT2D eigenvalue weighted by Gasteiger charge is -2.23. The smallest absolute Gasteiger partial charge is 0.269 e. The van der Waals surface area contributed by atoms with Crippen LogP contribution in [0.4, 0.5) is 11.5 Å². The average Bonchev–Trinajstić information content (AvgIpc) is 2.46. The lowest BCUT2D eigenvalue weighted by molar-refractivity contribution is -0.384. The van der Waals surface area contributed by atoms with E-state index in [2.05, 4.69) is 15.3 Å². The minimum absolute atomic E-state index is 0.0446. The van der Waals surface area contributed by atoms with E-state index in [-0.39, 0.29) is 29.4 Å². The van der Waals surface area contributed by atoms with E-state index in [9.17, 15) is 19.7 Å². The first-order chi connectivity index (χ1) is 10.1. The summed E-state index contributed by atoms with van der Waals surface area (Å²) in [7, 11) is 0. The van der Waals surface area contributed by atoms with E-state index in [0.717, 1.165) is 0 Å². The second-order valence-electron chi connectivity index (χ2n) is 4.65. The molecule has 0 saturated carbocycles. The minimum atomic E-state index is -0.550. The Kier molecular flexibility index (Phi) is 2.98. The number of anilines is 1. The van der Waals surface area contributed by atoms with Crippen molar-refractivity contribution >= 4 is 17.4 Å². The summed E-state index contributed by atoms with van der Waals surface area (Å²) in [6.07, 6.45) is 1.25. The number of nitrogens with zero attached hydrogens (tertiary/aromatic N) is 2. The number of nitro groups is 1. The molecule has 2 aromatic rings. The van der Waals surface area contributed by atoms with Crippen LogP contribution in [-0.4, -0.2) is 20.8 Å². The van der Waals surface area contributed by atoms with E-state index in [1.54, 1.807) is 6.07 Å². The first-order valence-corrected chi connectivity index (χ1v) is 6.18. The van der Waals surface area contributed by atoms with Crippen molar-refractivity contribution in [2.45, 2.75) is 12.3 Å². The Hall–Kier alpha value is -3.03. The fourth-order valence-electron chi connectivity index (χ4n) is 2.44. The molecule has 21 heavy (non-hydrogen) atoms. The third-order valence-corrected chi connectivity index (χ3v) is 3.37. The summed E-state index contributed by atoms with van der Waals surface area (Å²) >= 11 is 0. The van der Waals surface area contributed by atoms with Gasteiger partial charge in [0.2, 0.25) is 5.91 Å². The molecule has 2 N–H and O–H groups in total. The Morgan fingerprint density at radius 2 is 2.14 bits per heavy atom. The van der Waals surface area contributed by atoms with Gasteiger partial charge in [-0.05, 0) is 5.56 Å². The predicted molar refractivity (Wildman–Crippen MR) is 73.0 cm³/mol. The number of nitrogens with one attached hydrogen (secondary N) is 2. The third kappa shape index (κ3) is 2.27. The van der Waals surface area contributed by atoms with Crippen LogP contribution in [0.1, 0.15) is 23.5 Å². The van der Waals surface area contributed by atoms with Crippen LogP contribution in [0.25, 0.3) is 0 Å². The SMILES string of the molecule is O=C1CC(c2cccc([N+](=O)[O-])c2)c2c(nc[nH]c2=O)N1. The van der Waals surface area contributed by atoms with Crippen molar-refractivity contribution in [2.75, 3.05) is 5.32 Å². The summed E-state index contributed by atoms with van der Waals surface area (Å²) in [5, 5.41) is 13.4. The number of aromatic nitrogens is 2. The van der Waals surface area contributed by atoms with Gasteiger partial charge in [0.1, 0.15) is 5.82 Å². The zero-order valence-electron chi connectivity index (χ0n) is 10.7. The highest BCUT2D eigenvalue weighted by Crippen LogP contribution is 2.34. The van der Waals surface area contributed by atoms with E-state index in [4.69, 9.17) is 0 Å². The molecule has 3 rings (SSSR count). The van der Waals surface area contributed by atoms with E-state index < -0.39 is 10.8 Å². The van der Waals surface area contributed by atoms with Crippen molar-refractivity contribution in [3.63, 3.8) is 0 Å². The molecule has 1 amide bonds. The van der Waals surface area contributed by atoms with E-state index in [1.165, 1.54) is 24.5 Å². The van der Waals surface area contributed by atoms with Crippen molar-refractivity contribution in [3.05, 3.63) is 62.2 Å². The second-order valence-corrected chi connectivity index (χ2v) is 4.65. The quantitative estimate of drug-likeness (QED) is 0.634. The maximum absolute atomic E-state index is 12.0. The number of carbonyl (C=O) groups is 1. The Labute approximate surface area is 118 Å². The molecule has 1 aromatic carbocycles. The van der Waals surface area contributed by atoms with Crippen LogP contribution in [0, 0.1) is 10.1 Å². The zero-order valence-corrected chi connectivity index (χ0v) is 10.7. The number of fused-ring (bicyclic) bond motifs is 1. The van der Waals surface area contributed by atoms with Crippen molar-refractivity contribution in [1.82, 2.24) is 9.97 Å². The van der Waals surface area contributed by atoms with Gasteiger partial charge < -0.3 is 10.3 Å². The van der Waals surface area contributed by atoms with Crippen LogP contribution < -0.4 is 10.9 Å². The van der Waals surface area contributed by atoms with E-state index in [1.807, 2.05) is 0 Å². The Balaban J connectivity index is 2.16. The van der Waals surface area contributed by atoms with Gasteiger partial charge in [-0.25, -0.2) is 4.98 Å². The van der Waals surface area contributed by atoms with Gasteiger partial charge in [0.25, 0.3) is 11.2 Å². The van der Waals surface area contributed by atoms with Crippen LogP contribution in [0.2, 0.25) is 0 Å². The van der Waals surface area contributed by atoms with Crippen LogP contribution in [0.3, 0.4) is 0 Å². The van der Waals surface area contributed by atoms with Crippen LogP contribution in [0.5, 0.6) is 0 Å². The normalized spacial score (nSPS) is 17.0. The second kappa shape index (κ2) is 4.82. The molecule has 8 heteroatoms.